The average Bonchev–Trinajstić information content (AvgIpc) is 3.59. The topological polar surface area (TPSA) is 116 Å². The van der Waals surface area contributed by atoms with E-state index >= 15 is 9.13 Å². The van der Waals surface area contributed by atoms with Crippen molar-refractivity contribution in [2.24, 2.45) is 0 Å². The van der Waals surface area contributed by atoms with Gasteiger partial charge < -0.3 is 9.13 Å². The van der Waals surface area contributed by atoms with Crippen molar-refractivity contribution in [1.82, 2.24) is 34.9 Å². The average molecular weight is 818 g/mol. The predicted molar refractivity (Wildman–Crippen MR) is 242 cm³/mol. The Morgan fingerprint density at radius 3 is 1.32 bits per heavy atom. The van der Waals surface area contributed by atoms with Crippen LogP contribution < -0.4 is 21.2 Å². The van der Waals surface area contributed by atoms with Gasteiger partial charge in [-0.05, 0) is 59.7 Å². The first-order valence-electron chi connectivity index (χ1n) is 20.0. The molecule has 0 aliphatic rings. The lowest BCUT2D eigenvalue weighted by molar-refractivity contribution is 0.580. The molecule has 0 N–H and O–H groups in total. The molecule has 4 aromatic heterocycles. The van der Waals surface area contributed by atoms with E-state index in [4.69, 9.17) is 0 Å². The highest BCUT2D eigenvalue weighted by Gasteiger charge is 2.36. The van der Waals surface area contributed by atoms with Crippen molar-refractivity contribution in [3.05, 3.63) is 163 Å². The van der Waals surface area contributed by atoms with E-state index in [0.717, 1.165) is 54.9 Å². The lowest BCUT2D eigenvalue weighted by Crippen LogP contribution is -2.26. The first-order chi connectivity index (χ1) is 28.2. The van der Waals surface area contributed by atoms with Gasteiger partial charge in [0.25, 0.3) is 5.95 Å². The zero-order chi connectivity index (χ0) is 41.7. The Morgan fingerprint density at radius 2 is 0.932 bits per heavy atom. The second kappa shape index (κ2) is 15.2. The molecule has 8 rings (SSSR count). The molecule has 298 valence electrons. The van der Waals surface area contributed by atoms with E-state index in [2.05, 4.69) is 82.3 Å². The highest BCUT2D eigenvalue weighted by Crippen LogP contribution is 2.52. The summed E-state index contributed by atoms with van der Waals surface area (Å²) < 4.78 is 33.4. The Kier molecular flexibility index (Phi) is 10.3. The minimum atomic E-state index is -3.23. The van der Waals surface area contributed by atoms with Crippen molar-refractivity contribution in [3.63, 3.8) is 0 Å². The molecule has 0 aliphatic heterocycles. The fourth-order valence-corrected chi connectivity index (χ4v) is 13.8. The maximum Gasteiger partial charge on any atom is 0.273 e. The minimum Gasteiger partial charge on any atom is -0.313 e. The van der Waals surface area contributed by atoms with Gasteiger partial charge in [0.2, 0.25) is 0 Å². The monoisotopic (exact) mass is 817 g/mol. The third-order valence-corrected chi connectivity index (χ3v) is 19.2. The molecule has 59 heavy (non-hydrogen) atoms. The summed E-state index contributed by atoms with van der Waals surface area (Å²) in [4.78, 5) is 9.33. The summed E-state index contributed by atoms with van der Waals surface area (Å²) in [5, 5.41) is 21.9. The van der Waals surface area contributed by atoms with Crippen LogP contribution in [0.15, 0.2) is 140 Å². The highest BCUT2D eigenvalue weighted by molar-refractivity contribution is 7.79. The largest absolute Gasteiger partial charge is 0.313 e. The number of pyridine rings is 2. The highest BCUT2D eigenvalue weighted by atomic mass is 31.2. The molecule has 0 saturated carbocycles. The van der Waals surface area contributed by atoms with Crippen LogP contribution in [0, 0.1) is 0 Å². The molecule has 11 heteroatoms. The molecule has 4 aromatic carbocycles. The standard InChI is InChI=1S/C48H49N7O2P2/c1-32(2)58(56,36-17-13-15-34(27-36)47(5,6)44-19-9-11-25-49-44)38-21-23-40-41-24-22-39(30-43(41)55(42(40)29-38)46-53-51-31-52-54-46)59(57,33(3)4)37-18-14-16-35(28-37)48(7,8)45-20-10-12-26-50-45/h9-33H,1-8H3. The van der Waals surface area contributed by atoms with Gasteiger partial charge in [-0.25, -0.2) is 0 Å². The van der Waals surface area contributed by atoms with Gasteiger partial charge in [-0.2, -0.15) is 0 Å². The molecule has 4 heterocycles. The van der Waals surface area contributed by atoms with Crippen LogP contribution in [-0.2, 0) is 20.0 Å². The zero-order valence-electron chi connectivity index (χ0n) is 34.8. The molecule has 8 aromatic rings. The van der Waals surface area contributed by atoms with Crippen molar-refractivity contribution in [2.75, 3.05) is 0 Å². The van der Waals surface area contributed by atoms with Crippen molar-refractivity contribution in [3.8, 4) is 5.95 Å². The van der Waals surface area contributed by atoms with E-state index in [1.54, 1.807) is 0 Å². The first-order valence-corrected chi connectivity index (χ1v) is 23.6. The molecule has 0 spiro atoms. The summed E-state index contributed by atoms with van der Waals surface area (Å²) >= 11 is 0. The van der Waals surface area contributed by atoms with Gasteiger partial charge in [-0.3, -0.25) is 14.5 Å². The van der Waals surface area contributed by atoms with Crippen molar-refractivity contribution >= 4 is 57.3 Å². The Hall–Kier alpha value is -5.62. The number of rotatable bonds is 11. The Balaban J connectivity index is 1.30. The van der Waals surface area contributed by atoms with E-state index in [1.165, 1.54) is 6.33 Å². The summed E-state index contributed by atoms with van der Waals surface area (Å²) in [5.41, 5.74) is 4.23. The van der Waals surface area contributed by atoms with Crippen LogP contribution in [-0.4, -0.2) is 46.2 Å². The normalized spacial score (nSPS) is 14.5. The van der Waals surface area contributed by atoms with Crippen LogP contribution in [0.4, 0.5) is 0 Å². The maximum absolute atomic E-state index is 15.7. The van der Waals surface area contributed by atoms with Crippen LogP contribution in [0.5, 0.6) is 0 Å². The third kappa shape index (κ3) is 6.75. The number of hydrogen-bond acceptors (Lipinski definition) is 8. The van der Waals surface area contributed by atoms with E-state index in [1.807, 2.05) is 142 Å². The molecule has 0 bridgehead atoms. The van der Waals surface area contributed by atoms with Gasteiger partial charge in [0, 0.05) is 66.5 Å². The van der Waals surface area contributed by atoms with E-state index in [9.17, 15) is 0 Å². The summed E-state index contributed by atoms with van der Waals surface area (Å²) in [6.45, 7) is 16.7. The van der Waals surface area contributed by atoms with Gasteiger partial charge in [-0.15, -0.1) is 20.4 Å². The Morgan fingerprint density at radius 1 is 0.508 bits per heavy atom. The molecule has 0 fully saturated rings. The van der Waals surface area contributed by atoms with Gasteiger partial charge in [0.05, 0.1) is 22.4 Å². The summed E-state index contributed by atoms with van der Waals surface area (Å²) in [5.74, 6) is 0.263. The zero-order valence-corrected chi connectivity index (χ0v) is 36.6. The number of hydrogen-bond donors (Lipinski definition) is 0. The summed E-state index contributed by atoms with van der Waals surface area (Å²) in [7, 11) is -6.46. The van der Waals surface area contributed by atoms with Gasteiger partial charge in [-0.1, -0.05) is 128 Å². The molecular weight excluding hydrogens is 769 g/mol. The second-order valence-corrected chi connectivity index (χ2v) is 23.6. The van der Waals surface area contributed by atoms with Gasteiger partial charge in [0.1, 0.15) is 14.3 Å². The Bertz CT molecular complexity index is 2730. The lowest BCUT2D eigenvalue weighted by atomic mass is 9.81. The van der Waals surface area contributed by atoms with E-state index in [-0.39, 0.29) is 17.3 Å². The predicted octanol–water partition coefficient (Wildman–Crippen LogP) is 9.25. The molecule has 9 nitrogen and oxygen atoms in total. The van der Waals surface area contributed by atoms with E-state index in [0.29, 0.717) is 10.6 Å². The third-order valence-electron chi connectivity index (χ3n) is 12.1. The number of nitrogens with zero attached hydrogens (tertiary/aromatic N) is 7. The smallest absolute Gasteiger partial charge is 0.273 e. The number of aromatic nitrogens is 7. The minimum absolute atomic E-state index is 0.204. The molecule has 2 atom stereocenters. The first kappa shape index (κ1) is 40.2. The maximum atomic E-state index is 15.7. The Labute approximate surface area is 346 Å². The molecular formula is C48H49N7O2P2. The van der Waals surface area contributed by atoms with Crippen molar-refractivity contribution in [2.45, 2.75) is 77.5 Å². The number of fused-ring (bicyclic) bond motifs is 3. The summed E-state index contributed by atoms with van der Waals surface area (Å²) in [6, 6.07) is 40.3. The second-order valence-electron chi connectivity index (χ2n) is 16.9. The quantitative estimate of drug-likeness (QED) is 0.119. The molecule has 2 unspecified atom stereocenters. The fourth-order valence-electron chi connectivity index (χ4n) is 8.37. The molecule has 0 saturated heterocycles. The van der Waals surface area contributed by atoms with E-state index < -0.39 is 25.1 Å². The lowest BCUT2D eigenvalue weighted by Gasteiger charge is -2.28. The summed E-state index contributed by atoms with van der Waals surface area (Å²) in [6.07, 6.45) is 4.92. The van der Waals surface area contributed by atoms with Crippen LogP contribution in [0.1, 0.15) is 77.9 Å². The van der Waals surface area contributed by atoms with Gasteiger partial charge in [0.15, 0.2) is 6.33 Å². The van der Waals surface area contributed by atoms with Crippen molar-refractivity contribution < 1.29 is 9.13 Å². The van der Waals surface area contributed by atoms with Crippen LogP contribution in [0.3, 0.4) is 0 Å². The van der Waals surface area contributed by atoms with Crippen LogP contribution >= 0.6 is 14.3 Å². The fraction of sp³-hybridized carbons (Fsp3) is 0.250. The molecule has 0 radical (unpaired) electrons. The molecule has 0 aliphatic carbocycles. The number of benzene rings is 4. The van der Waals surface area contributed by atoms with Crippen LogP contribution in [0.25, 0.3) is 27.8 Å². The van der Waals surface area contributed by atoms with Crippen LogP contribution in [0.2, 0.25) is 0 Å². The van der Waals surface area contributed by atoms with Gasteiger partial charge >= 0.3 is 0 Å². The SMILES string of the molecule is CC(C)P(=O)(c1cccc(C(C)(C)c2ccccn2)c1)c1ccc2c3ccc(P(=O)(c4cccc(C(C)(C)c5ccccn5)c4)C(C)C)cc3n(-c3nncnn3)c2c1. The molecule has 0 amide bonds. The van der Waals surface area contributed by atoms with Crippen molar-refractivity contribution in [1.29, 1.82) is 0 Å².